The quantitative estimate of drug-likeness (QED) is 0.635. The van der Waals surface area contributed by atoms with Crippen LogP contribution in [0.15, 0.2) is 60.9 Å². The predicted molar refractivity (Wildman–Crippen MR) is 97.2 cm³/mol. The van der Waals surface area contributed by atoms with Crippen LogP contribution in [-0.4, -0.2) is 21.0 Å². The monoisotopic (exact) mass is 334 g/mol. The number of aryl methyl sites for hydroxylation is 1. The molecule has 0 bridgehead atoms. The summed E-state index contributed by atoms with van der Waals surface area (Å²) in [6.45, 7) is 2.75. The second-order valence-corrected chi connectivity index (χ2v) is 5.58. The number of nitrogens with zero attached hydrogens (tertiary/aromatic N) is 2. The molecule has 0 aliphatic carbocycles. The fourth-order valence-corrected chi connectivity index (χ4v) is 2.36. The molecule has 0 unspecified atom stereocenters. The van der Waals surface area contributed by atoms with Crippen LogP contribution in [0.2, 0.25) is 0 Å². The standard InChI is InChI=1S/C19H18N4O2/c1-13-4-2-3-5-15(13)11-20-17-10-18(22-12-21-17)23-16-8-6-14(7-9-16)19(24)25/h2-10,12H,11H2,1H3,(H,24,25)(H2,20,21,22,23). The molecule has 0 atom stereocenters. The van der Waals surface area contributed by atoms with Gasteiger partial charge < -0.3 is 15.7 Å². The topological polar surface area (TPSA) is 87.1 Å². The van der Waals surface area contributed by atoms with E-state index in [-0.39, 0.29) is 5.56 Å². The average molecular weight is 334 g/mol. The van der Waals surface area contributed by atoms with Gasteiger partial charge in [0.05, 0.1) is 5.56 Å². The first-order valence-electron chi connectivity index (χ1n) is 7.82. The number of anilines is 3. The van der Waals surface area contributed by atoms with E-state index in [1.54, 1.807) is 24.3 Å². The molecule has 6 nitrogen and oxygen atoms in total. The van der Waals surface area contributed by atoms with Gasteiger partial charge in [0.25, 0.3) is 0 Å². The summed E-state index contributed by atoms with van der Waals surface area (Å²) in [5, 5.41) is 15.3. The van der Waals surface area contributed by atoms with E-state index in [1.807, 2.05) is 18.2 Å². The van der Waals surface area contributed by atoms with Gasteiger partial charge in [-0.1, -0.05) is 24.3 Å². The Balaban J connectivity index is 1.67. The molecule has 1 aromatic heterocycles. The Morgan fingerprint density at radius 1 is 1.04 bits per heavy atom. The molecule has 3 rings (SSSR count). The summed E-state index contributed by atoms with van der Waals surface area (Å²) in [6.07, 6.45) is 1.48. The van der Waals surface area contributed by atoms with Crippen LogP contribution in [0.3, 0.4) is 0 Å². The van der Waals surface area contributed by atoms with Gasteiger partial charge in [-0.3, -0.25) is 0 Å². The lowest BCUT2D eigenvalue weighted by Gasteiger charge is -2.10. The largest absolute Gasteiger partial charge is 0.478 e. The third-order valence-electron chi connectivity index (χ3n) is 3.79. The molecule has 3 N–H and O–H groups in total. The van der Waals surface area contributed by atoms with Gasteiger partial charge in [0.15, 0.2) is 0 Å². The molecule has 6 heteroatoms. The van der Waals surface area contributed by atoms with Gasteiger partial charge in [-0.05, 0) is 42.3 Å². The zero-order chi connectivity index (χ0) is 17.6. The van der Waals surface area contributed by atoms with Crippen molar-refractivity contribution in [2.24, 2.45) is 0 Å². The van der Waals surface area contributed by atoms with Gasteiger partial charge in [0.2, 0.25) is 0 Å². The zero-order valence-corrected chi connectivity index (χ0v) is 13.7. The maximum absolute atomic E-state index is 10.9. The van der Waals surface area contributed by atoms with Crippen LogP contribution >= 0.6 is 0 Å². The number of carboxylic acid groups (broad SMARTS) is 1. The number of rotatable bonds is 6. The van der Waals surface area contributed by atoms with Crippen molar-refractivity contribution in [3.05, 3.63) is 77.6 Å². The van der Waals surface area contributed by atoms with Gasteiger partial charge in [-0.15, -0.1) is 0 Å². The minimum atomic E-state index is -0.948. The number of nitrogens with one attached hydrogen (secondary N) is 2. The summed E-state index contributed by atoms with van der Waals surface area (Å²) >= 11 is 0. The lowest BCUT2D eigenvalue weighted by atomic mass is 10.1. The van der Waals surface area contributed by atoms with Gasteiger partial charge in [0.1, 0.15) is 18.0 Å². The molecule has 0 saturated carbocycles. The highest BCUT2D eigenvalue weighted by Gasteiger charge is 2.04. The maximum Gasteiger partial charge on any atom is 0.335 e. The zero-order valence-electron chi connectivity index (χ0n) is 13.7. The molecule has 0 radical (unpaired) electrons. The third kappa shape index (κ3) is 4.32. The second-order valence-electron chi connectivity index (χ2n) is 5.58. The molecule has 0 fully saturated rings. The Morgan fingerprint density at radius 2 is 1.76 bits per heavy atom. The number of aromatic carboxylic acids is 1. The van der Waals surface area contributed by atoms with Crippen LogP contribution in [-0.2, 0) is 6.54 Å². The number of aromatic nitrogens is 2. The van der Waals surface area contributed by atoms with E-state index in [2.05, 4.69) is 39.7 Å². The highest BCUT2D eigenvalue weighted by molar-refractivity contribution is 5.88. The minimum absolute atomic E-state index is 0.244. The number of carbonyl (C=O) groups is 1. The smallest absolute Gasteiger partial charge is 0.335 e. The molecule has 0 aliphatic rings. The lowest BCUT2D eigenvalue weighted by molar-refractivity contribution is 0.0697. The van der Waals surface area contributed by atoms with Crippen LogP contribution in [0.5, 0.6) is 0 Å². The van der Waals surface area contributed by atoms with Crippen LogP contribution < -0.4 is 10.6 Å². The van der Waals surface area contributed by atoms with Crippen LogP contribution in [0.25, 0.3) is 0 Å². The molecule has 25 heavy (non-hydrogen) atoms. The van der Waals surface area contributed by atoms with Crippen LogP contribution in [0, 0.1) is 6.92 Å². The van der Waals surface area contributed by atoms with Crippen molar-refractivity contribution in [2.45, 2.75) is 13.5 Å². The summed E-state index contributed by atoms with van der Waals surface area (Å²) < 4.78 is 0. The summed E-state index contributed by atoms with van der Waals surface area (Å²) in [4.78, 5) is 19.3. The van der Waals surface area contributed by atoms with Crippen molar-refractivity contribution in [1.82, 2.24) is 9.97 Å². The Morgan fingerprint density at radius 3 is 2.48 bits per heavy atom. The van der Waals surface area contributed by atoms with Crippen molar-refractivity contribution in [3.8, 4) is 0 Å². The first-order chi connectivity index (χ1) is 12.1. The highest BCUT2D eigenvalue weighted by Crippen LogP contribution is 2.18. The van der Waals surface area contributed by atoms with Gasteiger partial charge in [-0.2, -0.15) is 0 Å². The molecule has 126 valence electrons. The van der Waals surface area contributed by atoms with E-state index >= 15 is 0 Å². The van der Waals surface area contributed by atoms with Crippen molar-refractivity contribution < 1.29 is 9.90 Å². The normalized spacial score (nSPS) is 10.3. The summed E-state index contributed by atoms with van der Waals surface area (Å²) in [5.74, 6) is 0.393. The van der Waals surface area contributed by atoms with E-state index in [4.69, 9.17) is 5.11 Å². The van der Waals surface area contributed by atoms with Crippen molar-refractivity contribution in [3.63, 3.8) is 0 Å². The lowest BCUT2D eigenvalue weighted by Crippen LogP contribution is -2.04. The number of hydrogen-bond donors (Lipinski definition) is 3. The molecule has 0 saturated heterocycles. The number of benzene rings is 2. The summed E-state index contributed by atoms with van der Waals surface area (Å²) in [7, 11) is 0. The molecular formula is C19H18N4O2. The number of hydrogen-bond acceptors (Lipinski definition) is 5. The molecule has 0 spiro atoms. The molecule has 1 heterocycles. The third-order valence-corrected chi connectivity index (χ3v) is 3.79. The van der Waals surface area contributed by atoms with Gasteiger partial charge in [0, 0.05) is 18.3 Å². The SMILES string of the molecule is Cc1ccccc1CNc1cc(Nc2ccc(C(=O)O)cc2)ncn1. The summed E-state index contributed by atoms with van der Waals surface area (Å²) in [6, 6.07) is 16.5. The Hall–Kier alpha value is -3.41. The molecule has 2 aromatic carbocycles. The van der Waals surface area contributed by atoms with E-state index in [1.165, 1.54) is 17.5 Å². The first kappa shape index (κ1) is 16.4. The average Bonchev–Trinajstić information content (AvgIpc) is 2.62. The van der Waals surface area contributed by atoms with E-state index in [0.717, 1.165) is 5.69 Å². The summed E-state index contributed by atoms with van der Waals surface area (Å²) in [5.41, 5.74) is 3.43. The molecule has 0 aliphatic heterocycles. The maximum atomic E-state index is 10.9. The van der Waals surface area contributed by atoms with E-state index in [9.17, 15) is 4.79 Å². The van der Waals surface area contributed by atoms with E-state index < -0.39 is 5.97 Å². The van der Waals surface area contributed by atoms with Crippen molar-refractivity contribution in [2.75, 3.05) is 10.6 Å². The Labute approximate surface area is 145 Å². The predicted octanol–water partition coefficient (Wildman–Crippen LogP) is 3.84. The molecule has 0 amide bonds. The molecule has 3 aromatic rings. The molecular weight excluding hydrogens is 316 g/mol. The van der Waals surface area contributed by atoms with Crippen LogP contribution in [0.1, 0.15) is 21.5 Å². The Bertz CT molecular complexity index is 879. The van der Waals surface area contributed by atoms with Crippen LogP contribution in [0.4, 0.5) is 17.3 Å². The van der Waals surface area contributed by atoms with Gasteiger partial charge in [-0.25, -0.2) is 14.8 Å². The highest BCUT2D eigenvalue weighted by atomic mass is 16.4. The van der Waals surface area contributed by atoms with E-state index in [0.29, 0.717) is 18.2 Å². The number of carboxylic acids is 1. The van der Waals surface area contributed by atoms with Gasteiger partial charge >= 0.3 is 5.97 Å². The fourth-order valence-electron chi connectivity index (χ4n) is 2.36. The fraction of sp³-hybridized carbons (Fsp3) is 0.105. The second kappa shape index (κ2) is 7.44. The first-order valence-corrected chi connectivity index (χ1v) is 7.82. The van der Waals surface area contributed by atoms with Crippen molar-refractivity contribution >= 4 is 23.3 Å². The minimum Gasteiger partial charge on any atom is -0.478 e. The van der Waals surface area contributed by atoms with Crippen molar-refractivity contribution in [1.29, 1.82) is 0 Å². The Kier molecular flexibility index (Phi) is 4.89.